The van der Waals surface area contributed by atoms with Crippen LogP contribution in [0.2, 0.25) is 0 Å². The van der Waals surface area contributed by atoms with Gasteiger partial charge in [-0.1, -0.05) is 50.2 Å². The maximum Gasteiger partial charge on any atom is 0.410 e. The van der Waals surface area contributed by atoms with Gasteiger partial charge < -0.3 is 9.84 Å². The number of aromatic nitrogens is 1. The van der Waals surface area contributed by atoms with Crippen LogP contribution in [0.3, 0.4) is 0 Å². The maximum atomic E-state index is 13.7. The minimum absolute atomic E-state index is 0.0683. The predicted molar refractivity (Wildman–Crippen MR) is 117 cm³/mol. The van der Waals surface area contributed by atoms with Crippen molar-refractivity contribution in [2.45, 2.75) is 39.5 Å². The summed E-state index contributed by atoms with van der Waals surface area (Å²) in [5.74, 6) is -0.265. The molecule has 2 aromatic carbocycles. The van der Waals surface area contributed by atoms with Crippen LogP contribution in [0, 0.1) is 5.82 Å². The van der Waals surface area contributed by atoms with Crippen molar-refractivity contribution in [1.82, 2.24) is 9.88 Å². The first-order valence-corrected chi connectivity index (χ1v) is 10.3. The Bertz CT molecular complexity index is 1130. The van der Waals surface area contributed by atoms with E-state index >= 15 is 0 Å². The monoisotopic (exact) mass is 420 g/mol. The van der Waals surface area contributed by atoms with Gasteiger partial charge in [-0.15, -0.1) is 0 Å². The lowest BCUT2D eigenvalue weighted by molar-refractivity contribution is 0.118. The summed E-state index contributed by atoms with van der Waals surface area (Å²) in [5.41, 5.74) is 6.57. The quantitative estimate of drug-likeness (QED) is 0.628. The van der Waals surface area contributed by atoms with Crippen molar-refractivity contribution in [3.8, 4) is 22.4 Å². The summed E-state index contributed by atoms with van der Waals surface area (Å²) in [7, 11) is 1.36. The van der Waals surface area contributed by atoms with Crippen molar-refractivity contribution in [3.63, 3.8) is 0 Å². The highest BCUT2D eigenvalue weighted by Crippen LogP contribution is 2.41. The summed E-state index contributed by atoms with van der Waals surface area (Å²) in [4.78, 5) is 19.2. The summed E-state index contributed by atoms with van der Waals surface area (Å²) in [6, 6.07) is 14.1. The van der Waals surface area contributed by atoms with Crippen molar-refractivity contribution in [3.05, 3.63) is 76.7 Å². The molecular formula is C25H25FN2O3. The molecule has 1 N–H and O–H groups in total. The Morgan fingerprint density at radius 1 is 1.16 bits per heavy atom. The number of nitrogens with zero attached hydrogens (tertiary/aromatic N) is 2. The number of hydrogen-bond acceptors (Lipinski definition) is 4. The average Bonchev–Trinajstić information content (AvgIpc) is 2.94. The third-order valence-corrected chi connectivity index (χ3v) is 5.68. The highest BCUT2D eigenvalue weighted by atomic mass is 19.1. The molecule has 3 aromatic rings. The lowest BCUT2D eigenvalue weighted by atomic mass is 9.88. The number of ether oxygens (including phenoxy) is 1. The van der Waals surface area contributed by atoms with Gasteiger partial charge in [-0.2, -0.15) is 0 Å². The normalized spacial score (nSPS) is 12.9. The van der Waals surface area contributed by atoms with Crippen molar-refractivity contribution >= 4 is 6.09 Å². The molecule has 1 aliphatic heterocycles. The minimum atomic E-state index is -0.439. The maximum absolute atomic E-state index is 13.7. The molecule has 0 saturated carbocycles. The number of carbonyl (C=O) groups is 1. The van der Waals surface area contributed by atoms with E-state index in [-0.39, 0.29) is 24.9 Å². The van der Waals surface area contributed by atoms with Crippen LogP contribution in [0.25, 0.3) is 22.4 Å². The van der Waals surface area contributed by atoms with Gasteiger partial charge in [0.2, 0.25) is 0 Å². The SMILES string of the molecule is COC(=O)N1Cc2ccccc2-c2nc(C(C)C)c(CO)c(-c3ccc(F)cc3)c2C1. The molecular weight excluding hydrogens is 395 g/mol. The molecule has 1 aromatic heterocycles. The van der Waals surface area contributed by atoms with Crippen LogP contribution in [0.5, 0.6) is 0 Å². The van der Waals surface area contributed by atoms with E-state index in [1.54, 1.807) is 17.0 Å². The Morgan fingerprint density at radius 3 is 2.52 bits per heavy atom. The molecule has 31 heavy (non-hydrogen) atoms. The Balaban J connectivity index is 2.09. The molecule has 0 unspecified atom stereocenters. The number of aliphatic hydroxyl groups is 1. The number of aliphatic hydroxyl groups excluding tert-OH is 1. The van der Waals surface area contributed by atoms with Gasteiger partial charge in [0.05, 0.1) is 32.5 Å². The Hall–Kier alpha value is -3.25. The second kappa shape index (κ2) is 8.47. The van der Waals surface area contributed by atoms with Gasteiger partial charge in [-0.25, -0.2) is 9.18 Å². The van der Waals surface area contributed by atoms with E-state index in [9.17, 15) is 14.3 Å². The van der Waals surface area contributed by atoms with E-state index in [0.717, 1.165) is 39.2 Å². The van der Waals surface area contributed by atoms with Crippen molar-refractivity contribution in [2.75, 3.05) is 7.11 Å². The molecule has 4 rings (SSSR count). The zero-order chi connectivity index (χ0) is 22.1. The van der Waals surface area contributed by atoms with Crippen molar-refractivity contribution in [1.29, 1.82) is 0 Å². The molecule has 2 heterocycles. The first kappa shape index (κ1) is 21.0. The van der Waals surface area contributed by atoms with Crippen molar-refractivity contribution in [2.24, 2.45) is 0 Å². The van der Waals surface area contributed by atoms with Gasteiger partial charge in [0.1, 0.15) is 5.82 Å². The number of amides is 1. The molecule has 0 fully saturated rings. The van der Waals surface area contributed by atoms with Crippen LogP contribution >= 0.6 is 0 Å². The van der Waals surface area contributed by atoms with Crippen LogP contribution in [-0.4, -0.2) is 28.2 Å². The number of halogens is 1. The topological polar surface area (TPSA) is 62.7 Å². The fraction of sp³-hybridized carbons (Fsp3) is 0.280. The highest BCUT2D eigenvalue weighted by molar-refractivity contribution is 5.82. The van der Waals surface area contributed by atoms with Gasteiger partial charge in [0.15, 0.2) is 0 Å². The largest absolute Gasteiger partial charge is 0.453 e. The predicted octanol–water partition coefficient (Wildman–Crippen LogP) is 5.25. The first-order chi connectivity index (χ1) is 14.9. The van der Waals surface area contributed by atoms with Gasteiger partial charge in [0, 0.05) is 22.4 Å². The van der Waals surface area contributed by atoms with E-state index < -0.39 is 6.09 Å². The van der Waals surface area contributed by atoms with Crippen LogP contribution in [-0.2, 0) is 24.4 Å². The fourth-order valence-electron chi connectivity index (χ4n) is 4.26. The summed E-state index contributed by atoms with van der Waals surface area (Å²) in [6.45, 7) is 4.51. The number of rotatable bonds is 3. The molecule has 1 amide bonds. The van der Waals surface area contributed by atoms with E-state index in [1.807, 2.05) is 38.1 Å². The van der Waals surface area contributed by atoms with Crippen LogP contribution in [0.1, 0.15) is 42.1 Å². The number of carbonyl (C=O) groups excluding carboxylic acids is 1. The smallest absolute Gasteiger partial charge is 0.410 e. The van der Waals surface area contributed by atoms with Crippen LogP contribution < -0.4 is 0 Å². The van der Waals surface area contributed by atoms with Gasteiger partial charge in [-0.05, 0) is 34.7 Å². The van der Waals surface area contributed by atoms with E-state index in [0.29, 0.717) is 12.1 Å². The number of methoxy groups -OCH3 is 1. The zero-order valence-corrected chi connectivity index (χ0v) is 17.9. The van der Waals surface area contributed by atoms with Crippen molar-refractivity contribution < 1.29 is 19.0 Å². The van der Waals surface area contributed by atoms with Gasteiger partial charge in [-0.3, -0.25) is 9.88 Å². The molecule has 1 aliphatic rings. The number of hydrogen-bond donors (Lipinski definition) is 1. The lowest BCUT2D eigenvalue weighted by Crippen LogP contribution is -2.29. The summed E-state index contributed by atoms with van der Waals surface area (Å²) < 4.78 is 18.7. The first-order valence-electron chi connectivity index (χ1n) is 10.3. The van der Waals surface area contributed by atoms with Gasteiger partial charge in [0.25, 0.3) is 0 Å². The second-order valence-corrected chi connectivity index (χ2v) is 7.98. The number of pyridine rings is 1. The molecule has 0 bridgehead atoms. The summed E-state index contributed by atoms with van der Waals surface area (Å²) >= 11 is 0. The summed E-state index contributed by atoms with van der Waals surface area (Å²) in [5, 5.41) is 10.3. The second-order valence-electron chi connectivity index (χ2n) is 7.98. The Labute approximate surface area is 181 Å². The average molecular weight is 420 g/mol. The number of benzene rings is 2. The minimum Gasteiger partial charge on any atom is -0.453 e. The van der Waals surface area contributed by atoms with Crippen LogP contribution in [0.15, 0.2) is 48.5 Å². The molecule has 0 aliphatic carbocycles. The van der Waals surface area contributed by atoms with Gasteiger partial charge >= 0.3 is 6.09 Å². The van der Waals surface area contributed by atoms with E-state index in [2.05, 4.69) is 0 Å². The molecule has 160 valence electrons. The molecule has 0 radical (unpaired) electrons. The Kier molecular flexibility index (Phi) is 5.74. The molecule has 0 saturated heterocycles. The molecule has 5 nitrogen and oxygen atoms in total. The van der Waals surface area contributed by atoms with E-state index in [1.165, 1.54) is 19.2 Å². The third kappa shape index (κ3) is 3.79. The lowest BCUT2D eigenvalue weighted by Gasteiger charge is -2.24. The Morgan fingerprint density at radius 2 is 1.87 bits per heavy atom. The number of fused-ring (bicyclic) bond motifs is 3. The fourth-order valence-corrected chi connectivity index (χ4v) is 4.26. The molecule has 0 spiro atoms. The standard InChI is InChI=1S/C25H25FN2O3/c1-15(2)23-21(14-29)22(16-8-10-18(26)11-9-16)20-13-28(25(30)31-3)12-17-6-4-5-7-19(17)24(20)27-23/h4-11,15,29H,12-14H2,1-3H3. The zero-order valence-electron chi connectivity index (χ0n) is 17.9. The summed E-state index contributed by atoms with van der Waals surface area (Å²) in [6.07, 6.45) is -0.439. The van der Waals surface area contributed by atoms with Crippen LogP contribution in [0.4, 0.5) is 9.18 Å². The highest BCUT2D eigenvalue weighted by Gasteiger charge is 2.29. The molecule has 0 atom stereocenters. The van der Waals surface area contributed by atoms with E-state index in [4.69, 9.17) is 9.72 Å². The third-order valence-electron chi connectivity index (χ3n) is 5.68. The molecule has 6 heteroatoms.